The van der Waals surface area contributed by atoms with Crippen LogP contribution < -0.4 is 10.2 Å². The number of hydrogen-bond donors (Lipinski definition) is 2. The van der Waals surface area contributed by atoms with E-state index in [9.17, 15) is 27.9 Å². The topological polar surface area (TPSA) is 83.7 Å². The number of carbonyl (C=O) groups excluding carboxylic acids is 1. The summed E-state index contributed by atoms with van der Waals surface area (Å²) in [7, 11) is 0. The number of aromatic nitrogens is 1. The first kappa shape index (κ1) is 20.6. The number of amides is 1. The van der Waals surface area contributed by atoms with Gasteiger partial charge in [-0.25, -0.2) is 13.2 Å². The molecule has 2 aromatic carbocycles. The predicted molar refractivity (Wildman–Crippen MR) is 112 cm³/mol. The van der Waals surface area contributed by atoms with E-state index < -0.39 is 46.3 Å². The zero-order valence-electron chi connectivity index (χ0n) is 15.9. The van der Waals surface area contributed by atoms with Crippen LogP contribution in [-0.2, 0) is 11.3 Å². The molecular formula is C21H14F3N3O3S. The minimum absolute atomic E-state index is 0.220. The summed E-state index contributed by atoms with van der Waals surface area (Å²) in [4.78, 5) is 28.6. The smallest absolute Gasteiger partial charge is 0.311 e. The summed E-state index contributed by atoms with van der Waals surface area (Å²) in [5.41, 5.74) is 2.47. The molecular weight excluding hydrogens is 431 g/mol. The SMILES string of the molecule is CC1=Nc2ccccc2C1=Cc1sc(=O)n(CC(=O)Nc2ccc(F)c(F)c2F)c1O. The standard InChI is InChI=1S/C21H14F3N3O3S/c1-10-12(11-4-2-3-5-14(11)25-10)8-16-20(29)27(21(30)31-16)9-17(28)26-15-7-6-13(22)18(23)19(15)24/h2-8,29H,9H2,1H3,(H,26,28). The zero-order chi connectivity index (χ0) is 22.3. The molecule has 0 bridgehead atoms. The van der Waals surface area contributed by atoms with Gasteiger partial charge < -0.3 is 10.4 Å². The maximum absolute atomic E-state index is 13.7. The summed E-state index contributed by atoms with van der Waals surface area (Å²) in [5.74, 6) is -6.03. The molecule has 0 saturated heterocycles. The van der Waals surface area contributed by atoms with Crippen molar-refractivity contribution in [1.82, 2.24) is 4.57 Å². The van der Waals surface area contributed by atoms with Crippen molar-refractivity contribution in [2.75, 3.05) is 5.32 Å². The zero-order valence-corrected chi connectivity index (χ0v) is 16.8. The average Bonchev–Trinajstić information content (AvgIpc) is 3.19. The molecule has 0 radical (unpaired) electrons. The first-order valence-electron chi connectivity index (χ1n) is 8.99. The lowest BCUT2D eigenvalue weighted by Gasteiger charge is -2.08. The lowest BCUT2D eigenvalue weighted by Crippen LogP contribution is -2.24. The molecule has 0 spiro atoms. The Morgan fingerprint density at radius 3 is 2.71 bits per heavy atom. The number of anilines is 1. The van der Waals surface area contributed by atoms with Gasteiger partial charge in [-0.15, -0.1) is 0 Å². The first-order chi connectivity index (χ1) is 14.8. The van der Waals surface area contributed by atoms with E-state index in [4.69, 9.17) is 0 Å². The fraction of sp³-hybridized carbons (Fsp3) is 0.0952. The average molecular weight is 445 g/mol. The summed E-state index contributed by atoms with van der Waals surface area (Å²) in [6.07, 6.45) is 1.61. The maximum atomic E-state index is 13.7. The fourth-order valence-electron chi connectivity index (χ4n) is 3.15. The Kier molecular flexibility index (Phi) is 5.24. The predicted octanol–water partition coefficient (Wildman–Crippen LogP) is 4.32. The highest BCUT2D eigenvalue weighted by Crippen LogP contribution is 2.37. The lowest BCUT2D eigenvalue weighted by atomic mass is 10.0. The molecule has 1 aliphatic heterocycles. The Hall–Kier alpha value is -3.66. The summed E-state index contributed by atoms with van der Waals surface area (Å²) >= 11 is 0.723. The van der Waals surface area contributed by atoms with E-state index in [2.05, 4.69) is 10.3 Å². The lowest BCUT2D eigenvalue weighted by molar-refractivity contribution is -0.116. The number of para-hydroxylation sites is 1. The molecule has 3 aromatic rings. The van der Waals surface area contributed by atoms with Crippen LogP contribution in [0.4, 0.5) is 24.5 Å². The highest BCUT2D eigenvalue weighted by atomic mass is 32.1. The third-order valence-electron chi connectivity index (χ3n) is 4.65. The highest BCUT2D eigenvalue weighted by Gasteiger charge is 2.21. The molecule has 10 heteroatoms. The van der Waals surface area contributed by atoms with Crippen molar-refractivity contribution in [2.45, 2.75) is 13.5 Å². The van der Waals surface area contributed by atoms with E-state index in [1.807, 2.05) is 24.3 Å². The van der Waals surface area contributed by atoms with Gasteiger partial charge in [0, 0.05) is 16.8 Å². The molecule has 0 unspecified atom stereocenters. The normalized spacial score (nSPS) is 13.9. The Bertz CT molecular complexity index is 1340. The van der Waals surface area contributed by atoms with Gasteiger partial charge in [-0.1, -0.05) is 29.5 Å². The van der Waals surface area contributed by atoms with Crippen molar-refractivity contribution in [3.63, 3.8) is 0 Å². The quantitative estimate of drug-likeness (QED) is 0.587. The van der Waals surface area contributed by atoms with E-state index in [0.29, 0.717) is 11.8 Å². The van der Waals surface area contributed by atoms with Crippen LogP contribution in [0.3, 0.4) is 0 Å². The molecule has 6 nitrogen and oxygen atoms in total. The number of aromatic hydroxyl groups is 1. The maximum Gasteiger partial charge on any atom is 0.311 e. The molecule has 1 aliphatic rings. The second kappa shape index (κ2) is 7.88. The van der Waals surface area contributed by atoms with Crippen molar-refractivity contribution in [1.29, 1.82) is 0 Å². The van der Waals surface area contributed by atoms with Crippen LogP contribution in [0.2, 0.25) is 0 Å². The van der Waals surface area contributed by atoms with Crippen LogP contribution in [0.5, 0.6) is 5.88 Å². The number of carbonyl (C=O) groups is 1. The molecule has 1 amide bonds. The monoisotopic (exact) mass is 445 g/mol. The largest absolute Gasteiger partial charge is 0.493 e. The summed E-state index contributed by atoms with van der Waals surface area (Å²) in [5, 5.41) is 12.5. The minimum Gasteiger partial charge on any atom is -0.493 e. The molecule has 0 aliphatic carbocycles. The van der Waals surface area contributed by atoms with Gasteiger partial charge in [-0.3, -0.25) is 19.1 Å². The van der Waals surface area contributed by atoms with E-state index in [1.54, 1.807) is 13.0 Å². The molecule has 0 atom stereocenters. The first-order valence-corrected chi connectivity index (χ1v) is 9.80. The number of nitrogens with one attached hydrogen (secondary N) is 1. The van der Waals surface area contributed by atoms with Gasteiger partial charge in [0.05, 0.1) is 16.3 Å². The number of allylic oxidation sites excluding steroid dienone is 1. The van der Waals surface area contributed by atoms with E-state index in [0.717, 1.165) is 38.8 Å². The van der Waals surface area contributed by atoms with Gasteiger partial charge in [0.15, 0.2) is 17.5 Å². The molecule has 2 N–H and O–H groups in total. The Labute approximate surface area is 177 Å². The molecule has 0 fully saturated rings. The van der Waals surface area contributed by atoms with E-state index >= 15 is 0 Å². The molecule has 2 heterocycles. The van der Waals surface area contributed by atoms with Gasteiger partial charge in [0.1, 0.15) is 6.54 Å². The number of benzene rings is 2. The number of nitrogens with zero attached hydrogens (tertiary/aromatic N) is 2. The number of hydrogen-bond acceptors (Lipinski definition) is 5. The molecule has 31 heavy (non-hydrogen) atoms. The van der Waals surface area contributed by atoms with E-state index in [-0.39, 0.29) is 4.88 Å². The van der Waals surface area contributed by atoms with Gasteiger partial charge in [-0.05, 0) is 31.2 Å². The Morgan fingerprint density at radius 1 is 1.19 bits per heavy atom. The number of rotatable bonds is 4. The van der Waals surface area contributed by atoms with Crippen LogP contribution in [0.1, 0.15) is 17.4 Å². The summed E-state index contributed by atoms with van der Waals surface area (Å²) < 4.78 is 40.9. The third kappa shape index (κ3) is 3.77. The highest BCUT2D eigenvalue weighted by molar-refractivity contribution is 7.10. The Morgan fingerprint density at radius 2 is 1.94 bits per heavy atom. The second-order valence-electron chi connectivity index (χ2n) is 6.69. The van der Waals surface area contributed by atoms with Gasteiger partial charge >= 0.3 is 4.87 Å². The fourth-order valence-corrected chi connectivity index (χ4v) is 3.98. The number of aliphatic imine (C=N–C) groups is 1. The number of thiazole rings is 1. The van der Waals surface area contributed by atoms with Crippen LogP contribution in [0.15, 0.2) is 46.2 Å². The van der Waals surface area contributed by atoms with Crippen LogP contribution in [0, 0.1) is 17.5 Å². The molecule has 158 valence electrons. The number of halogens is 3. The van der Waals surface area contributed by atoms with Crippen molar-refractivity contribution < 1.29 is 23.1 Å². The van der Waals surface area contributed by atoms with Crippen molar-refractivity contribution in [3.8, 4) is 5.88 Å². The third-order valence-corrected chi connectivity index (χ3v) is 5.57. The summed E-state index contributed by atoms with van der Waals surface area (Å²) in [6.45, 7) is 1.15. The van der Waals surface area contributed by atoms with E-state index in [1.165, 1.54) is 0 Å². The summed E-state index contributed by atoms with van der Waals surface area (Å²) in [6, 6.07) is 8.92. The molecule has 4 rings (SSSR count). The second-order valence-corrected chi connectivity index (χ2v) is 7.68. The van der Waals surface area contributed by atoms with Crippen LogP contribution >= 0.6 is 11.3 Å². The Balaban J connectivity index is 1.60. The van der Waals surface area contributed by atoms with Crippen molar-refractivity contribution in [2.24, 2.45) is 4.99 Å². The van der Waals surface area contributed by atoms with Gasteiger partial charge in [0.2, 0.25) is 11.8 Å². The van der Waals surface area contributed by atoms with Crippen LogP contribution in [0.25, 0.3) is 11.6 Å². The number of fused-ring (bicyclic) bond motifs is 1. The van der Waals surface area contributed by atoms with Crippen molar-refractivity contribution in [3.05, 3.63) is 74.0 Å². The minimum atomic E-state index is -1.73. The van der Waals surface area contributed by atoms with Gasteiger partial charge in [0.25, 0.3) is 0 Å². The van der Waals surface area contributed by atoms with Crippen LogP contribution in [-0.4, -0.2) is 21.3 Å². The molecule has 0 saturated carbocycles. The molecule has 1 aromatic heterocycles. The van der Waals surface area contributed by atoms with Crippen molar-refractivity contribution >= 4 is 46.0 Å². The van der Waals surface area contributed by atoms with Gasteiger partial charge in [-0.2, -0.15) is 0 Å².